The summed E-state index contributed by atoms with van der Waals surface area (Å²) in [5.74, 6) is -1.58. The molecule has 0 amide bonds. The molecule has 0 aliphatic carbocycles. The van der Waals surface area contributed by atoms with Crippen molar-refractivity contribution in [3.8, 4) is 0 Å². The molecule has 0 heterocycles. The number of hydrogen-bond donors (Lipinski definition) is 3. The number of carboxylic acid groups (broad SMARTS) is 3. The molecular formula is C10H21O6Sn. The third-order valence-electron chi connectivity index (χ3n) is 0.408. The zero-order valence-corrected chi connectivity index (χ0v) is 13.7. The van der Waals surface area contributed by atoms with Gasteiger partial charge in [-0.2, -0.15) is 0 Å². The van der Waals surface area contributed by atoms with Crippen LogP contribution in [0.15, 0.2) is 0 Å². The Kier molecular flexibility index (Phi) is 30.5. The van der Waals surface area contributed by atoms with Crippen LogP contribution < -0.4 is 0 Å². The average Bonchev–Trinajstić information content (AvgIpc) is 2.00. The van der Waals surface area contributed by atoms with E-state index in [0.29, 0.717) is 0 Å². The molecule has 0 aromatic heterocycles. The summed E-state index contributed by atoms with van der Waals surface area (Å²) in [6, 6.07) is 0. The zero-order valence-electron chi connectivity index (χ0n) is 10.9. The molecular weight excluding hydrogens is 335 g/mol. The third-order valence-corrected chi connectivity index (χ3v) is 2.74. The molecule has 7 heteroatoms. The second kappa shape index (κ2) is 20.6. The molecule has 0 aromatic carbocycles. The summed E-state index contributed by atoms with van der Waals surface area (Å²) in [6.07, 6.45) is 0. The van der Waals surface area contributed by atoms with Crippen LogP contribution in [0.2, 0.25) is 4.44 Å². The van der Waals surface area contributed by atoms with Crippen molar-refractivity contribution < 1.29 is 29.7 Å². The molecule has 101 valence electrons. The summed E-state index contributed by atoms with van der Waals surface area (Å²) in [6.45, 7) is 7.74. The molecule has 3 radical (unpaired) electrons. The van der Waals surface area contributed by atoms with E-state index in [2.05, 4.69) is 13.8 Å². The molecule has 0 atom stereocenters. The molecule has 0 bridgehead atoms. The Morgan fingerprint density at radius 3 is 0.941 bits per heavy atom. The maximum atomic E-state index is 9.00. The van der Waals surface area contributed by atoms with Crippen LogP contribution in [-0.2, 0) is 14.4 Å². The van der Waals surface area contributed by atoms with E-state index in [4.69, 9.17) is 29.7 Å². The predicted octanol–water partition coefficient (Wildman–Crippen LogP) is 1.50. The Hall–Kier alpha value is -0.791. The SMILES string of the molecule is CC(=O)O.CC(=O)O.CC(=O)O.CC(C)[CH2][Sn]. The van der Waals surface area contributed by atoms with E-state index in [1.54, 1.807) is 22.5 Å². The number of rotatable bonds is 1. The van der Waals surface area contributed by atoms with Gasteiger partial charge in [-0.3, -0.25) is 14.4 Å². The quantitative estimate of drug-likeness (QED) is 0.614. The van der Waals surface area contributed by atoms with Crippen molar-refractivity contribution in [3.05, 3.63) is 0 Å². The summed E-state index contributed by atoms with van der Waals surface area (Å²) in [5, 5.41) is 22.2. The first-order chi connectivity index (χ1) is 7.47. The van der Waals surface area contributed by atoms with Gasteiger partial charge in [0.25, 0.3) is 17.9 Å². The van der Waals surface area contributed by atoms with Crippen LogP contribution in [-0.4, -0.2) is 55.8 Å². The van der Waals surface area contributed by atoms with Gasteiger partial charge >= 0.3 is 46.7 Å². The molecule has 0 saturated carbocycles. The molecule has 0 aromatic rings. The predicted molar refractivity (Wildman–Crippen MR) is 65.3 cm³/mol. The van der Waals surface area contributed by atoms with Gasteiger partial charge in [0.05, 0.1) is 0 Å². The van der Waals surface area contributed by atoms with Gasteiger partial charge in [0.2, 0.25) is 0 Å². The van der Waals surface area contributed by atoms with Crippen molar-refractivity contribution in [1.82, 2.24) is 0 Å². The Morgan fingerprint density at radius 1 is 0.882 bits per heavy atom. The molecule has 3 N–H and O–H groups in total. The minimum atomic E-state index is -0.833. The van der Waals surface area contributed by atoms with Crippen molar-refractivity contribution in [1.29, 1.82) is 0 Å². The Balaban J connectivity index is -0.0000000667. The van der Waals surface area contributed by atoms with Crippen LogP contribution in [0.25, 0.3) is 0 Å². The minimum absolute atomic E-state index is 0.833. The van der Waals surface area contributed by atoms with Gasteiger partial charge in [0.1, 0.15) is 0 Å². The Bertz CT molecular complexity index is 162. The van der Waals surface area contributed by atoms with Crippen molar-refractivity contribution in [2.45, 2.75) is 39.1 Å². The fourth-order valence-corrected chi connectivity index (χ4v) is 0. The first kappa shape index (κ1) is 25.2. The van der Waals surface area contributed by atoms with E-state index in [1.165, 1.54) is 4.44 Å². The molecule has 6 nitrogen and oxygen atoms in total. The van der Waals surface area contributed by atoms with Crippen LogP contribution in [0, 0.1) is 5.92 Å². The number of carboxylic acids is 3. The standard InChI is InChI=1S/C4H9.3C2H4O2.Sn/c1-4(2)3;3*1-2(3)4;/h4H,1H2,2-3H3;3*1H3,(H,3,4);. The second-order valence-electron chi connectivity index (χ2n) is 3.16. The van der Waals surface area contributed by atoms with E-state index in [0.717, 1.165) is 26.7 Å². The van der Waals surface area contributed by atoms with Crippen LogP contribution >= 0.6 is 0 Å². The molecule has 0 unspecified atom stereocenters. The fraction of sp³-hybridized carbons (Fsp3) is 0.700. The van der Waals surface area contributed by atoms with E-state index in [1.807, 2.05) is 0 Å². The first-order valence-corrected chi connectivity index (χ1v) is 6.72. The van der Waals surface area contributed by atoms with Crippen molar-refractivity contribution in [2.24, 2.45) is 5.92 Å². The van der Waals surface area contributed by atoms with E-state index >= 15 is 0 Å². The molecule has 0 rings (SSSR count). The average molecular weight is 356 g/mol. The number of hydrogen-bond acceptors (Lipinski definition) is 3. The number of aliphatic carboxylic acids is 3. The van der Waals surface area contributed by atoms with Gasteiger partial charge in [-0.1, -0.05) is 0 Å². The summed E-state index contributed by atoms with van der Waals surface area (Å²) in [5.41, 5.74) is 0. The Labute approximate surface area is 115 Å². The third kappa shape index (κ3) is 1820. The molecule has 0 saturated heterocycles. The van der Waals surface area contributed by atoms with E-state index in [9.17, 15) is 0 Å². The van der Waals surface area contributed by atoms with Gasteiger partial charge in [0.15, 0.2) is 0 Å². The molecule has 0 aliphatic heterocycles. The molecule has 17 heavy (non-hydrogen) atoms. The van der Waals surface area contributed by atoms with Crippen LogP contribution in [0.3, 0.4) is 0 Å². The summed E-state index contributed by atoms with van der Waals surface area (Å²) in [7, 11) is 0. The van der Waals surface area contributed by atoms with Crippen molar-refractivity contribution >= 4 is 40.4 Å². The van der Waals surface area contributed by atoms with E-state index < -0.39 is 17.9 Å². The van der Waals surface area contributed by atoms with Gasteiger partial charge in [0, 0.05) is 20.8 Å². The topological polar surface area (TPSA) is 112 Å². The van der Waals surface area contributed by atoms with Crippen LogP contribution in [0.5, 0.6) is 0 Å². The monoisotopic (exact) mass is 357 g/mol. The summed E-state index contributed by atoms with van der Waals surface area (Å²) >= 11 is 1.66. The molecule has 0 fully saturated rings. The van der Waals surface area contributed by atoms with Gasteiger partial charge in [-0.05, 0) is 0 Å². The molecule has 0 aliphatic rings. The van der Waals surface area contributed by atoms with Gasteiger partial charge in [-0.15, -0.1) is 0 Å². The summed E-state index contributed by atoms with van der Waals surface area (Å²) < 4.78 is 1.40. The second-order valence-corrected chi connectivity index (χ2v) is 4.32. The zero-order chi connectivity index (χ0) is 15.0. The van der Waals surface area contributed by atoms with Crippen molar-refractivity contribution in [3.63, 3.8) is 0 Å². The molecule has 0 spiro atoms. The number of carbonyl (C=O) groups is 3. The van der Waals surface area contributed by atoms with E-state index in [-0.39, 0.29) is 0 Å². The van der Waals surface area contributed by atoms with Gasteiger partial charge in [-0.25, -0.2) is 0 Å². The van der Waals surface area contributed by atoms with Gasteiger partial charge < -0.3 is 15.3 Å². The fourth-order valence-electron chi connectivity index (χ4n) is 0. The van der Waals surface area contributed by atoms with Crippen LogP contribution in [0.1, 0.15) is 34.6 Å². The van der Waals surface area contributed by atoms with Crippen molar-refractivity contribution in [2.75, 3.05) is 0 Å². The normalized spacial score (nSPS) is 7.24. The summed E-state index contributed by atoms with van der Waals surface area (Å²) in [4.78, 5) is 27.0. The first-order valence-electron chi connectivity index (χ1n) is 4.70. The maximum absolute atomic E-state index is 9.00. The Morgan fingerprint density at radius 2 is 0.941 bits per heavy atom. The van der Waals surface area contributed by atoms with Crippen LogP contribution in [0.4, 0.5) is 0 Å².